The highest BCUT2D eigenvalue weighted by Gasteiger charge is 2.21. The van der Waals surface area contributed by atoms with Crippen LogP contribution in [0.2, 0.25) is 0 Å². The summed E-state index contributed by atoms with van der Waals surface area (Å²) in [6, 6.07) is 19.1. The van der Waals surface area contributed by atoms with E-state index in [0.29, 0.717) is 0 Å². The molecule has 0 bridgehead atoms. The zero-order chi connectivity index (χ0) is 13.7. The highest BCUT2D eigenvalue weighted by molar-refractivity contribution is 9.10. The van der Waals surface area contributed by atoms with Crippen molar-refractivity contribution in [2.45, 2.75) is 16.6 Å². The maximum Gasteiger partial charge on any atom is 0.0774 e. The molecular weight excluding hydrogens is 322 g/mol. The van der Waals surface area contributed by atoms with E-state index in [1.165, 1.54) is 0 Å². The van der Waals surface area contributed by atoms with E-state index in [4.69, 9.17) is 5.26 Å². The molecule has 0 spiro atoms. The largest absolute Gasteiger partial charge is 0.254 e. The van der Waals surface area contributed by atoms with Crippen molar-refractivity contribution >= 4 is 26.7 Å². The van der Waals surface area contributed by atoms with E-state index in [0.717, 1.165) is 14.9 Å². The highest BCUT2D eigenvalue weighted by atomic mass is 79.9. The van der Waals surface area contributed by atoms with Gasteiger partial charge in [0, 0.05) is 4.47 Å². The fourth-order valence-corrected chi connectivity index (χ4v) is 4.00. The van der Waals surface area contributed by atoms with E-state index in [1.807, 2.05) is 54.6 Å². The minimum absolute atomic E-state index is 0.234. The maximum absolute atomic E-state index is 12.7. The molecule has 96 valence electrons. The predicted molar refractivity (Wildman–Crippen MR) is 80.0 cm³/mol. The Balaban J connectivity index is 2.39. The van der Waals surface area contributed by atoms with E-state index in [2.05, 4.69) is 22.0 Å². The lowest BCUT2D eigenvalue weighted by Crippen LogP contribution is -2.07. The first-order chi connectivity index (χ1) is 9.24. The lowest BCUT2D eigenvalue weighted by Gasteiger charge is -2.15. The van der Waals surface area contributed by atoms with Crippen molar-refractivity contribution in [1.29, 1.82) is 5.26 Å². The Morgan fingerprint density at radius 1 is 1.11 bits per heavy atom. The Hall–Kier alpha value is -1.44. The summed E-state index contributed by atoms with van der Waals surface area (Å²) in [5.74, 6) is 0. The SMILES string of the molecule is N#CCC(c1ccccc1)S(=O)c1ccccc1Br. The topological polar surface area (TPSA) is 40.9 Å². The first-order valence-electron chi connectivity index (χ1n) is 5.81. The van der Waals surface area contributed by atoms with Crippen LogP contribution in [0.15, 0.2) is 64.0 Å². The molecule has 0 fully saturated rings. The minimum atomic E-state index is -1.25. The Kier molecular flexibility index (Phi) is 4.89. The molecule has 2 aromatic rings. The number of nitrogens with zero attached hydrogens (tertiary/aromatic N) is 1. The standard InChI is InChI=1S/C15H12BrNOS/c16-13-8-4-5-9-15(13)19(18)14(10-11-17)12-6-2-1-3-7-12/h1-9,14H,10H2. The summed E-state index contributed by atoms with van der Waals surface area (Å²) in [7, 11) is -1.25. The number of hydrogen-bond donors (Lipinski definition) is 0. The summed E-state index contributed by atoms with van der Waals surface area (Å²) in [4.78, 5) is 0.728. The van der Waals surface area contributed by atoms with E-state index < -0.39 is 10.8 Å². The normalized spacial score (nSPS) is 13.5. The first kappa shape index (κ1) is 14.0. The van der Waals surface area contributed by atoms with Crippen LogP contribution in [-0.4, -0.2) is 4.21 Å². The molecule has 2 nitrogen and oxygen atoms in total. The van der Waals surface area contributed by atoms with E-state index in [-0.39, 0.29) is 11.7 Å². The molecule has 0 radical (unpaired) electrons. The Morgan fingerprint density at radius 2 is 1.74 bits per heavy atom. The molecule has 2 unspecified atom stereocenters. The third kappa shape index (κ3) is 3.31. The van der Waals surface area contributed by atoms with Crippen molar-refractivity contribution in [3.63, 3.8) is 0 Å². The number of halogens is 1. The van der Waals surface area contributed by atoms with Crippen molar-refractivity contribution in [2.75, 3.05) is 0 Å². The molecule has 2 atom stereocenters. The molecule has 0 N–H and O–H groups in total. The summed E-state index contributed by atoms with van der Waals surface area (Å²) >= 11 is 3.41. The predicted octanol–water partition coefficient (Wildman–Crippen LogP) is 4.21. The average molecular weight is 334 g/mol. The first-order valence-corrected chi connectivity index (χ1v) is 7.81. The Morgan fingerprint density at radius 3 is 2.37 bits per heavy atom. The second-order valence-corrected chi connectivity index (χ2v) is 6.45. The van der Waals surface area contributed by atoms with Gasteiger partial charge in [0.2, 0.25) is 0 Å². The molecule has 2 rings (SSSR count). The van der Waals surface area contributed by atoms with Crippen molar-refractivity contribution in [3.05, 3.63) is 64.6 Å². The lowest BCUT2D eigenvalue weighted by molar-refractivity contribution is 0.672. The zero-order valence-electron chi connectivity index (χ0n) is 10.1. The molecule has 0 aliphatic rings. The van der Waals surface area contributed by atoms with Gasteiger partial charge in [0.05, 0.1) is 33.4 Å². The van der Waals surface area contributed by atoms with Crippen LogP contribution in [0.1, 0.15) is 17.2 Å². The van der Waals surface area contributed by atoms with Crippen LogP contribution in [0, 0.1) is 11.3 Å². The van der Waals surface area contributed by atoms with Crippen LogP contribution in [0.25, 0.3) is 0 Å². The summed E-state index contributed by atoms with van der Waals surface area (Å²) in [5, 5.41) is 8.67. The average Bonchev–Trinajstić information content (AvgIpc) is 2.45. The van der Waals surface area contributed by atoms with Gasteiger partial charge in [0.25, 0.3) is 0 Å². The minimum Gasteiger partial charge on any atom is -0.254 e. The molecule has 0 amide bonds. The highest BCUT2D eigenvalue weighted by Crippen LogP contribution is 2.31. The van der Waals surface area contributed by atoms with Gasteiger partial charge in [-0.15, -0.1) is 0 Å². The third-order valence-electron chi connectivity index (χ3n) is 2.76. The fraction of sp³-hybridized carbons (Fsp3) is 0.133. The van der Waals surface area contributed by atoms with Gasteiger partial charge in [-0.2, -0.15) is 5.26 Å². The smallest absolute Gasteiger partial charge is 0.0774 e. The van der Waals surface area contributed by atoms with Gasteiger partial charge in [-0.1, -0.05) is 42.5 Å². The van der Waals surface area contributed by atoms with Gasteiger partial charge in [-0.25, -0.2) is 0 Å². The number of nitriles is 1. The number of benzene rings is 2. The summed E-state index contributed by atoms with van der Waals surface area (Å²) < 4.78 is 13.5. The van der Waals surface area contributed by atoms with E-state index in [9.17, 15) is 4.21 Å². The van der Waals surface area contributed by atoms with Crippen LogP contribution in [0.3, 0.4) is 0 Å². The zero-order valence-corrected chi connectivity index (χ0v) is 12.5. The van der Waals surface area contributed by atoms with Gasteiger partial charge in [-0.05, 0) is 33.6 Å². The van der Waals surface area contributed by atoms with Crippen molar-refractivity contribution < 1.29 is 4.21 Å². The second-order valence-electron chi connectivity index (χ2n) is 3.99. The third-order valence-corrected chi connectivity index (χ3v) is 5.46. The van der Waals surface area contributed by atoms with E-state index in [1.54, 1.807) is 0 Å². The van der Waals surface area contributed by atoms with E-state index >= 15 is 0 Å². The molecule has 4 heteroatoms. The van der Waals surface area contributed by atoms with Gasteiger partial charge in [0.15, 0.2) is 0 Å². The molecular formula is C15H12BrNOS. The second kappa shape index (κ2) is 6.65. The van der Waals surface area contributed by atoms with Crippen LogP contribution < -0.4 is 0 Å². The molecule has 0 aliphatic heterocycles. The quantitative estimate of drug-likeness (QED) is 0.840. The number of hydrogen-bond acceptors (Lipinski definition) is 2. The Labute approximate surface area is 123 Å². The summed E-state index contributed by atoms with van der Waals surface area (Å²) in [5.41, 5.74) is 0.929. The molecule has 2 aromatic carbocycles. The van der Waals surface area contributed by atoms with Crippen LogP contribution in [0.5, 0.6) is 0 Å². The van der Waals surface area contributed by atoms with Gasteiger partial charge in [-0.3, -0.25) is 4.21 Å². The molecule has 0 aromatic heterocycles. The summed E-state index contributed by atoms with van der Waals surface area (Å²) in [6.45, 7) is 0. The van der Waals surface area contributed by atoms with Crippen molar-refractivity contribution in [2.24, 2.45) is 0 Å². The maximum atomic E-state index is 12.7. The lowest BCUT2D eigenvalue weighted by atomic mass is 10.1. The summed E-state index contributed by atoms with van der Waals surface area (Å²) in [6.07, 6.45) is 0.234. The van der Waals surface area contributed by atoms with Gasteiger partial charge in [0.1, 0.15) is 0 Å². The van der Waals surface area contributed by atoms with Crippen LogP contribution in [0.4, 0.5) is 0 Å². The number of rotatable bonds is 4. The van der Waals surface area contributed by atoms with Crippen LogP contribution >= 0.6 is 15.9 Å². The molecule has 0 aliphatic carbocycles. The fourth-order valence-electron chi connectivity index (χ4n) is 1.83. The van der Waals surface area contributed by atoms with Crippen LogP contribution in [-0.2, 0) is 10.8 Å². The van der Waals surface area contributed by atoms with Crippen molar-refractivity contribution in [1.82, 2.24) is 0 Å². The molecule has 0 heterocycles. The monoisotopic (exact) mass is 333 g/mol. The Bertz CT molecular complexity index is 622. The van der Waals surface area contributed by atoms with Gasteiger partial charge < -0.3 is 0 Å². The molecule has 0 saturated carbocycles. The molecule has 0 saturated heterocycles. The van der Waals surface area contributed by atoms with Crippen molar-refractivity contribution in [3.8, 4) is 6.07 Å². The van der Waals surface area contributed by atoms with Gasteiger partial charge >= 0.3 is 0 Å². The molecule has 19 heavy (non-hydrogen) atoms.